The molecule has 2 atom stereocenters. The molecular weight excluding hydrogens is 268 g/mol. The van der Waals surface area contributed by atoms with E-state index < -0.39 is 0 Å². The number of hydrogen-bond donors (Lipinski definition) is 1. The zero-order valence-corrected chi connectivity index (χ0v) is 12.0. The fourth-order valence-electron chi connectivity index (χ4n) is 2.93. The Bertz CT molecular complexity index is 537. The summed E-state index contributed by atoms with van der Waals surface area (Å²) < 4.78 is 17.6. The smallest absolute Gasteiger partial charge is 0.135 e. The zero-order valence-electron chi connectivity index (χ0n) is 12.0. The van der Waals surface area contributed by atoms with Crippen LogP contribution in [0.5, 0.6) is 5.75 Å². The molecule has 2 saturated heterocycles. The van der Waals surface area contributed by atoms with E-state index in [0.717, 1.165) is 37.2 Å². The molecule has 4 heteroatoms. The van der Waals surface area contributed by atoms with Crippen LogP contribution in [-0.2, 0) is 9.47 Å². The van der Waals surface area contributed by atoms with E-state index >= 15 is 0 Å². The quantitative estimate of drug-likeness (QED) is 0.842. The predicted molar refractivity (Wildman–Crippen MR) is 78.2 cm³/mol. The SMILES string of the molecule is OCC#Cc1ccccc1OC1CCOC2(CCOC2)C1. The van der Waals surface area contributed by atoms with Gasteiger partial charge in [0.2, 0.25) is 0 Å². The van der Waals surface area contributed by atoms with Gasteiger partial charge in [-0.05, 0) is 12.1 Å². The van der Waals surface area contributed by atoms with Crippen LogP contribution in [0.15, 0.2) is 24.3 Å². The van der Waals surface area contributed by atoms with E-state index in [0.29, 0.717) is 13.2 Å². The van der Waals surface area contributed by atoms with Gasteiger partial charge in [0, 0.05) is 25.9 Å². The molecule has 3 rings (SSSR count). The van der Waals surface area contributed by atoms with Gasteiger partial charge in [-0.25, -0.2) is 0 Å². The van der Waals surface area contributed by atoms with Crippen molar-refractivity contribution in [3.05, 3.63) is 29.8 Å². The molecule has 0 aliphatic carbocycles. The van der Waals surface area contributed by atoms with E-state index in [1.807, 2.05) is 24.3 Å². The van der Waals surface area contributed by atoms with E-state index in [2.05, 4.69) is 11.8 Å². The second kappa shape index (κ2) is 6.48. The van der Waals surface area contributed by atoms with Gasteiger partial charge in [-0.3, -0.25) is 0 Å². The molecule has 0 radical (unpaired) electrons. The van der Waals surface area contributed by atoms with Gasteiger partial charge in [-0.15, -0.1) is 0 Å². The summed E-state index contributed by atoms with van der Waals surface area (Å²) in [7, 11) is 0. The van der Waals surface area contributed by atoms with Gasteiger partial charge in [0.1, 0.15) is 18.5 Å². The molecule has 2 unspecified atom stereocenters. The normalized spacial score (nSPS) is 28.1. The minimum absolute atomic E-state index is 0.123. The van der Waals surface area contributed by atoms with Gasteiger partial charge in [0.05, 0.1) is 24.4 Å². The topological polar surface area (TPSA) is 47.9 Å². The summed E-state index contributed by atoms with van der Waals surface area (Å²) in [5.74, 6) is 6.38. The van der Waals surface area contributed by atoms with Gasteiger partial charge < -0.3 is 19.3 Å². The number of rotatable bonds is 2. The summed E-state index contributed by atoms with van der Waals surface area (Å²) in [6, 6.07) is 7.69. The largest absolute Gasteiger partial charge is 0.489 e. The third kappa shape index (κ3) is 3.38. The number of aliphatic hydroxyl groups is 1. The molecule has 1 spiro atoms. The Morgan fingerprint density at radius 2 is 2.24 bits per heavy atom. The molecule has 2 aliphatic rings. The van der Waals surface area contributed by atoms with Crippen molar-refractivity contribution in [1.82, 2.24) is 0 Å². The van der Waals surface area contributed by atoms with E-state index in [1.165, 1.54) is 0 Å². The van der Waals surface area contributed by atoms with Crippen LogP contribution < -0.4 is 4.74 Å². The molecule has 0 amide bonds. The molecule has 0 aromatic heterocycles. The highest BCUT2D eigenvalue weighted by molar-refractivity contribution is 5.46. The van der Waals surface area contributed by atoms with Crippen LogP contribution >= 0.6 is 0 Å². The lowest BCUT2D eigenvalue weighted by molar-refractivity contribution is -0.112. The number of ether oxygens (including phenoxy) is 3. The Balaban J connectivity index is 1.71. The monoisotopic (exact) mass is 288 g/mol. The van der Waals surface area contributed by atoms with Crippen molar-refractivity contribution in [3.8, 4) is 17.6 Å². The molecule has 21 heavy (non-hydrogen) atoms. The average Bonchev–Trinajstić information content (AvgIpc) is 2.94. The molecule has 0 saturated carbocycles. The van der Waals surface area contributed by atoms with Gasteiger partial charge >= 0.3 is 0 Å². The van der Waals surface area contributed by atoms with E-state index in [-0.39, 0.29) is 18.3 Å². The summed E-state index contributed by atoms with van der Waals surface area (Å²) >= 11 is 0. The standard InChI is InChI=1S/C17H20O4/c18-9-3-5-14-4-1-2-6-16(14)21-15-7-10-20-17(12-15)8-11-19-13-17/h1-2,4,6,15,18H,7-13H2. The maximum Gasteiger partial charge on any atom is 0.135 e. The van der Waals surface area contributed by atoms with Crippen LogP contribution in [0.3, 0.4) is 0 Å². The highest BCUT2D eigenvalue weighted by Crippen LogP contribution is 2.34. The van der Waals surface area contributed by atoms with Crippen molar-refractivity contribution in [2.45, 2.75) is 31.0 Å². The highest BCUT2D eigenvalue weighted by atomic mass is 16.6. The first-order valence-electron chi connectivity index (χ1n) is 7.38. The van der Waals surface area contributed by atoms with Crippen LogP contribution in [0.4, 0.5) is 0 Å². The minimum Gasteiger partial charge on any atom is -0.489 e. The highest BCUT2D eigenvalue weighted by Gasteiger charge is 2.41. The van der Waals surface area contributed by atoms with Gasteiger partial charge in [0.25, 0.3) is 0 Å². The Morgan fingerprint density at radius 3 is 3.05 bits per heavy atom. The molecule has 1 aromatic carbocycles. The average molecular weight is 288 g/mol. The van der Waals surface area contributed by atoms with Crippen molar-refractivity contribution in [1.29, 1.82) is 0 Å². The summed E-state index contributed by atoms with van der Waals surface area (Å²) in [5.41, 5.74) is 0.656. The first-order valence-corrected chi connectivity index (χ1v) is 7.38. The van der Waals surface area contributed by atoms with Gasteiger partial charge in [0.15, 0.2) is 0 Å². The lowest BCUT2D eigenvalue weighted by Crippen LogP contribution is -2.44. The van der Waals surface area contributed by atoms with Crippen molar-refractivity contribution >= 4 is 0 Å². The fraction of sp³-hybridized carbons (Fsp3) is 0.529. The second-order valence-electron chi connectivity index (χ2n) is 5.52. The number of para-hydroxylation sites is 1. The molecule has 0 bridgehead atoms. The van der Waals surface area contributed by atoms with Crippen molar-refractivity contribution in [3.63, 3.8) is 0 Å². The van der Waals surface area contributed by atoms with Gasteiger partial charge in [-0.1, -0.05) is 24.0 Å². The van der Waals surface area contributed by atoms with E-state index in [1.54, 1.807) is 0 Å². The maximum absolute atomic E-state index is 8.83. The number of benzene rings is 1. The molecule has 1 N–H and O–H groups in total. The van der Waals surface area contributed by atoms with Crippen molar-refractivity contribution in [2.24, 2.45) is 0 Å². The summed E-state index contributed by atoms with van der Waals surface area (Å²) in [5, 5.41) is 8.83. The van der Waals surface area contributed by atoms with Crippen molar-refractivity contribution in [2.75, 3.05) is 26.4 Å². The van der Waals surface area contributed by atoms with Crippen LogP contribution in [0.25, 0.3) is 0 Å². The molecule has 1 aromatic rings. The third-order valence-corrected chi connectivity index (χ3v) is 4.00. The first kappa shape index (κ1) is 14.4. The molecule has 112 valence electrons. The Hall–Kier alpha value is -1.54. The molecule has 2 fully saturated rings. The van der Waals surface area contributed by atoms with Crippen LogP contribution in [-0.4, -0.2) is 43.2 Å². The number of hydrogen-bond acceptors (Lipinski definition) is 4. The summed E-state index contributed by atoms with van der Waals surface area (Å²) in [6.45, 7) is 1.99. The fourth-order valence-corrected chi connectivity index (χ4v) is 2.93. The molecular formula is C17H20O4. The maximum atomic E-state index is 8.83. The minimum atomic E-state index is -0.158. The van der Waals surface area contributed by atoms with E-state index in [4.69, 9.17) is 19.3 Å². The van der Waals surface area contributed by atoms with Crippen molar-refractivity contribution < 1.29 is 19.3 Å². The zero-order chi connectivity index (χ0) is 14.5. The lowest BCUT2D eigenvalue weighted by atomic mass is 9.91. The Labute approximate surface area is 125 Å². The summed E-state index contributed by atoms with van der Waals surface area (Å²) in [6.07, 6.45) is 2.80. The Kier molecular flexibility index (Phi) is 4.45. The van der Waals surface area contributed by atoms with Gasteiger partial charge in [-0.2, -0.15) is 0 Å². The van der Waals surface area contributed by atoms with Crippen LogP contribution in [0.1, 0.15) is 24.8 Å². The lowest BCUT2D eigenvalue weighted by Gasteiger charge is -2.37. The summed E-state index contributed by atoms with van der Waals surface area (Å²) in [4.78, 5) is 0. The Morgan fingerprint density at radius 1 is 1.33 bits per heavy atom. The molecule has 2 heterocycles. The molecule has 4 nitrogen and oxygen atoms in total. The second-order valence-corrected chi connectivity index (χ2v) is 5.52. The van der Waals surface area contributed by atoms with E-state index in [9.17, 15) is 0 Å². The molecule has 2 aliphatic heterocycles. The van der Waals surface area contributed by atoms with Crippen LogP contribution in [0.2, 0.25) is 0 Å². The van der Waals surface area contributed by atoms with Crippen LogP contribution in [0, 0.1) is 11.8 Å². The first-order chi connectivity index (χ1) is 10.3. The predicted octanol–water partition coefficient (Wildman–Crippen LogP) is 1.75. The third-order valence-electron chi connectivity index (χ3n) is 4.00. The number of aliphatic hydroxyl groups excluding tert-OH is 1.